The van der Waals surface area contributed by atoms with E-state index in [-0.39, 0.29) is 25.4 Å². The van der Waals surface area contributed by atoms with E-state index in [1.54, 1.807) is 34.6 Å². The molecule has 8 N–H and O–H groups in total. The maximum atomic E-state index is 13.4. The summed E-state index contributed by atoms with van der Waals surface area (Å²) in [6.07, 6.45) is -4.41. The molecule has 0 heterocycles. The molecule has 0 saturated heterocycles. The Bertz CT molecular complexity index is 1210. The standard InChI is InChI=1S/C34H52N4O9/c1-22(2)30(38-32(44)46-21-25(40)20-39)31(43)36-26(16-23-12-8-6-9-13-23)28(41)18-35-19-29(42)27(17-24-14-10-7-11-15-24)37-33(45)47-34(3,4)5/h6-15,22,25-30,35,39-42H,16-21H2,1-5H3,(H,36,43)(H,37,45)(H,38,44)/t25-,26-,27-,28+,29+,30-/m0/s1. The normalized spacial score (nSPS) is 15.4. The number of hydrogen-bond donors (Lipinski definition) is 8. The van der Waals surface area contributed by atoms with Crippen LogP contribution in [0, 0.1) is 5.92 Å². The summed E-state index contributed by atoms with van der Waals surface area (Å²) in [5, 5.41) is 51.9. The fraction of sp³-hybridized carbons (Fsp3) is 0.559. The van der Waals surface area contributed by atoms with Gasteiger partial charge >= 0.3 is 12.2 Å². The molecule has 0 fully saturated rings. The van der Waals surface area contributed by atoms with E-state index in [0.29, 0.717) is 6.42 Å². The third-order valence-corrected chi connectivity index (χ3v) is 7.10. The van der Waals surface area contributed by atoms with E-state index < -0.39 is 73.3 Å². The van der Waals surface area contributed by atoms with Gasteiger partial charge in [0, 0.05) is 13.1 Å². The van der Waals surface area contributed by atoms with Crippen LogP contribution in [0.25, 0.3) is 0 Å². The molecule has 0 aliphatic rings. The van der Waals surface area contributed by atoms with Gasteiger partial charge in [-0.05, 0) is 50.7 Å². The number of hydrogen-bond acceptors (Lipinski definition) is 10. The lowest BCUT2D eigenvalue weighted by Crippen LogP contribution is -2.57. The number of nitrogens with one attached hydrogen (secondary N) is 4. The van der Waals surface area contributed by atoms with Crippen LogP contribution in [-0.2, 0) is 27.1 Å². The van der Waals surface area contributed by atoms with E-state index in [1.165, 1.54) is 0 Å². The Morgan fingerprint density at radius 3 is 1.68 bits per heavy atom. The molecule has 0 aliphatic heterocycles. The van der Waals surface area contributed by atoms with Gasteiger partial charge in [-0.15, -0.1) is 0 Å². The summed E-state index contributed by atoms with van der Waals surface area (Å²) >= 11 is 0. The highest BCUT2D eigenvalue weighted by atomic mass is 16.6. The number of alkyl carbamates (subject to hydrolysis) is 2. The quantitative estimate of drug-likeness (QED) is 0.115. The lowest BCUT2D eigenvalue weighted by Gasteiger charge is -2.30. The number of carbonyl (C=O) groups excluding carboxylic acids is 3. The van der Waals surface area contributed by atoms with E-state index in [0.717, 1.165) is 11.1 Å². The third-order valence-electron chi connectivity index (χ3n) is 7.10. The summed E-state index contributed by atoms with van der Waals surface area (Å²) in [6, 6.07) is 16.1. The predicted octanol–water partition coefficient (Wildman–Crippen LogP) is 1.27. The van der Waals surface area contributed by atoms with Gasteiger partial charge in [0.05, 0.1) is 30.9 Å². The van der Waals surface area contributed by atoms with Gasteiger partial charge in [0.2, 0.25) is 5.91 Å². The monoisotopic (exact) mass is 660 g/mol. The second-order valence-electron chi connectivity index (χ2n) is 12.8. The molecule has 13 nitrogen and oxygen atoms in total. The van der Waals surface area contributed by atoms with Crippen molar-refractivity contribution in [3.8, 4) is 0 Å². The first-order valence-electron chi connectivity index (χ1n) is 15.8. The molecule has 0 saturated carbocycles. The van der Waals surface area contributed by atoms with Crippen LogP contribution in [0.1, 0.15) is 45.7 Å². The molecule has 13 heteroatoms. The Morgan fingerprint density at radius 1 is 0.745 bits per heavy atom. The van der Waals surface area contributed by atoms with Crippen molar-refractivity contribution in [3.05, 3.63) is 71.8 Å². The van der Waals surface area contributed by atoms with Crippen LogP contribution < -0.4 is 21.3 Å². The molecule has 0 aromatic heterocycles. The van der Waals surface area contributed by atoms with Crippen LogP contribution >= 0.6 is 0 Å². The molecule has 2 rings (SSSR count). The second kappa shape index (κ2) is 19.8. The minimum absolute atomic E-state index is 0.0120. The maximum Gasteiger partial charge on any atom is 0.407 e. The Kier molecular flexibility index (Phi) is 16.6. The minimum Gasteiger partial charge on any atom is -0.447 e. The molecule has 262 valence electrons. The zero-order valence-corrected chi connectivity index (χ0v) is 27.9. The minimum atomic E-state index is -1.25. The number of carbonyl (C=O) groups is 3. The largest absolute Gasteiger partial charge is 0.447 e. The Labute approximate surface area is 277 Å². The molecule has 2 aromatic rings. The first-order valence-corrected chi connectivity index (χ1v) is 15.8. The molecular weight excluding hydrogens is 608 g/mol. The average molecular weight is 661 g/mol. The van der Waals surface area contributed by atoms with Crippen LogP contribution in [0.2, 0.25) is 0 Å². The van der Waals surface area contributed by atoms with Crippen LogP contribution in [0.5, 0.6) is 0 Å². The second-order valence-corrected chi connectivity index (χ2v) is 12.8. The van der Waals surface area contributed by atoms with Gasteiger partial charge in [0.25, 0.3) is 0 Å². The maximum absolute atomic E-state index is 13.4. The van der Waals surface area contributed by atoms with Gasteiger partial charge < -0.3 is 51.2 Å². The molecule has 0 radical (unpaired) electrons. The Hall–Kier alpha value is -3.75. The fourth-order valence-corrected chi connectivity index (χ4v) is 4.63. The van der Waals surface area contributed by atoms with Crippen LogP contribution in [-0.4, -0.2) is 107 Å². The van der Waals surface area contributed by atoms with Gasteiger partial charge in [-0.2, -0.15) is 0 Å². The van der Waals surface area contributed by atoms with Crippen molar-refractivity contribution in [1.29, 1.82) is 0 Å². The highest BCUT2D eigenvalue weighted by molar-refractivity contribution is 5.86. The van der Waals surface area contributed by atoms with E-state index >= 15 is 0 Å². The van der Waals surface area contributed by atoms with Crippen LogP contribution in [0.4, 0.5) is 9.59 Å². The summed E-state index contributed by atoms with van der Waals surface area (Å²) in [7, 11) is 0. The smallest absolute Gasteiger partial charge is 0.407 e. The molecule has 0 unspecified atom stereocenters. The van der Waals surface area contributed by atoms with E-state index in [9.17, 15) is 29.7 Å². The topological polar surface area (TPSA) is 199 Å². The highest BCUT2D eigenvalue weighted by Gasteiger charge is 2.30. The van der Waals surface area contributed by atoms with Crippen molar-refractivity contribution in [2.45, 2.75) is 89.5 Å². The van der Waals surface area contributed by atoms with E-state index in [1.807, 2.05) is 60.7 Å². The lowest BCUT2D eigenvalue weighted by molar-refractivity contribution is -0.125. The summed E-state index contributed by atoms with van der Waals surface area (Å²) in [5.41, 5.74) is 1.03. The molecule has 3 amide bonds. The molecule has 2 aromatic carbocycles. The van der Waals surface area contributed by atoms with Crippen molar-refractivity contribution in [2.24, 2.45) is 5.92 Å². The molecule has 0 aliphatic carbocycles. The van der Waals surface area contributed by atoms with Crippen LogP contribution in [0.15, 0.2) is 60.7 Å². The average Bonchev–Trinajstić information content (AvgIpc) is 3.01. The predicted molar refractivity (Wildman–Crippen MR) is 176 cm³/mol. The van der Waals surface area contributed by atoms with Crippen molar-refractivity contribution >= 4 is 18.1 Å². The number of ether oxygens (including phenoxy) is 2. The summed E-state index contributed by atoms with van der Waals surface area (Å²) in [5.74, 6) is -0.906. The van der Waals surface area contributed by atoms with Crippen molar-refractivity contribution in [1.82, 2.24) is 21.3 Å². The van der Waals surface area contributed by atoms with E-state index in [2.05, 4.69) is 21.3 Å². The van der Waals surface area contributed by atoms with Gasteiger partial charge in [0.1, 0.15) is 24.4 Å². The number of amides is 3. The summed E-state index contributed by atoms with van der Waals surface area (Å²) < 4.78 is 10.3. The summed E-state index contributed by atoms with van der Waals surface area (Å²) in [6.45, 7) is 7.68. The molecule has 47 heavy (non-hydrogen) atoms. The number of aliphatic hydroxyl groups is 4. The third kappa shape index (κ3) is 15.6. The van der Waals surface area contributed by atoms with E-state index in [4.69, 9.17) is 14.6 Å². The SMILES string of the molecule is CC(C)[C@H](NC(=O)OC[C@@H](O)CO)C(=O)N[C@@H](Cc1ccccc1)[C@H](O)CNC[C@@H](O)[C@H](Cc1ccccc1)NC(=O)OC(C)(C)C. The molecule has 6 atom stereocenters. The van der Waals surface area contributed by atoms with Crippen LogP contribution in [0.3, 0.4) is 0 Å². The zero-order valence-electron chi connectivity index (χ0n) is 27.9. The molecular formula is C34H52N4O9. The lowest BCUT2D eigenvalue weighted by atomic mass is 9.98. The van der Waals surface area contributed by atoms with Crippen molar-refractivity contribution in [2.75, 3.05) is 26.3 Å². The highest BCUT2D eigenvalue weighted by Crippen LogP contribution is 2.12. The fourth-order valence-electron chi connectivity index (χ4n) is 4.63. The van der Waals surface area contributed by atoms with Crippen molar-refractivity contribution in [3.63, 3.8) is 0 Å². The van der Waals surface area contributed by atoms with Gasteiger partial charge in [-0.3, -0.25) is 4.79 Å². The zero-order chi connectivity index (χ0) is 35.0. The number of benzene rings is 2. The Morgan fingerprint density at radius 2 is 1.23 bits per heavy atom. The van der Waals surface area contributed by atoms with Crippen molar-refractivity contribution < 1.29 is 44.3 Å². The molecule has 0 bridgehead atoms. The molecule has 0 spiro atoms. The Balaban J connectivity index is 2.10. The van der Waals surface area contributed by atoms with Gasteiger partial charge in [-0.1, -0.05) is 74.5 Å². The number of aliphatic hydroxyl groups excluding tert-OH is 4. The first kappa shape index (κ1) is 39.4. The summed E-state index contributed by atoms with van der Waals surface area (Å²) in [4.78, 5) is 38.2. The number of rotatable bonds is 18. The van der Waals surface area contributed by atoms with Gasteiger partial charge in [0.15, 0.2) is 0 Å². The first-order chi connectivity index (χ1) is 22.2. The van der Waals surface area contributed by atoms with Gasteiger partial charge in [-0.25, -0.2) is 9.59 Å².